The first kappa shape index (κ1) is 22.1. The molecular formula is C21H31BN4O5S. The van der Waals surface area contributed by atoms with Crippen LogP contribution in [-0.4, -0.2) is 73.4 Å². The fourth-order valence-electron chi connectivity index (χ4n) is 4.57. The summed E-state index contributed by atoms with van der Waals surface area (Å²) in [6.45, 7) is 12.0. The number of fused-ring (bicyclic) bond motifs is 1. The average Bonchev–Trinajstić information content (AvgIpc) is 3.35. The third kappa shape index (κ3) is 3.20. The summed E-state index contributed by atoms with van der Waals surface area (Å²) in [4.78, 5) is 7.12. The molecule has 3 fully saturated rings. The molecule has 0 amide bonds. The molecule has 1 saturated carbocycles. The second-order valence-electron chi connectivity index (χ2n) is 10.3. The Hall–Kier alpha value is -1.69. The first-order valence-electron chi connectivity index (χ1n) is 11.2. The average molecular weight is 462 g/mol. The van der Waals surface area contributed by atoms with E-state index < -0.39 is 32.9 Å². The van der Waals surface area contributed by atoms with E-state index in [0.717, 1.165) is 5.82 Å². The number of aromatic nitrogens is 3. The van der Waals surface area contributed by atoms with Gasteiger partial charge in [0.05, 0.1) is 42.3 Å². The van der Waals surface area contributed by atoms with Crippen LogP contribution in [0.5, 0.6) is 0 Å². The van der Waals surface area contributed by atoms with Crippen LogP contribution < -0.4 is 10.4 Å². The zero-order chi connectivity index (χ0) is 23.1. The SMILES string of the molecule is CC1COCCN1c1cc(C2(S(C)(=O)=O)CC2)n2ncc(B3OC(C)(C)C(C)(C)O3)c2n1. The maximum atomic E-state index is 12.8. The lowest BCUT2D eigenvalue weighted by molar-refractivity contribution is 0.00578. The number of ether oxygens (including phenoxy) is 1. The summed E-state index contributed by atoms with van der Waals surface area (Å²) in [5.41, 5.74) is 0.925. The Labute approximate surface area is 189 Å². The smallest absolute Gasteiger partial charge is 0.399 e. The largest absolute Gasteiger partial charge is 0.500 e. The lowest BCUT2D eigenvalue weighted by Crippen LogP contribution is -2.44. The van der Waals surface area contributed by atoms with Gasteiger partial charge in [-0.1, -0.05) is 0 Å². The van der Waals surface area contributed by atoms with E-state index in [1.165, 1.54) is 6.26 Å². The molecule has 2 aromatic heterocycles. The van der Waals surface area contributed by atoms with Gasteiger partial charge in [-0.2, -0.15) is 5.10 Å². The minimum Gasteiger partial charge on any atom is -0.399 e. The summed E-state index contributed by atoms with van der Waals surface area (Å²) in [5.74, 6) is 0.733. The van der Waals surface area contributed by atoms with Gasteiger partial charge in [0.2, 0.25) is 0 Å². The van der Waals surface area contributed by atoms with Crippen LogP contribution in [0.2, 0.25) is 0 Å². The molecule has 1 atom stereocenters. The van der Waals surface area contributed by atoms with Gasteiger partial charge < -0.3 is 18.9 Å². The number of nitrogens with zero attached hydrogens (tertiary/aromatic N) is 4. The van der Waals surface area contributed by atoms with Gasteiger partial charge in [0.15, 0.2) is 15.5 Å². The third-order valence-electron chi connectivity index (χ3n) is 7.54. The van der Waals surface area contributed by atoms with Crippen molar-refractivity contribution in [1.82, 2.24) is 14.6 Å². The highest BCUT2D eigenvalue weighted by Gasteiger charge is 2.57. The van der Waals surface area contributed by atoms with Crippen LogP contribution in [0.1, 0.15) is 53.2 Å². The third-order valence-corrected chi connectivity index (χ3v) is 9.57. The number of hydrogen-bond acceptors (Lipinski definition) is 8. The molecular weight excluding hydrogens is 431 g/mol. The molecule has 32 heavy (non-hydrogen) atoms. The van der Waals surface area contributed by atoms with Crippen LogP contribution in [0.3, 0.4) is 0 Å². The Balaban J connectivity index is 1.69. The molecule has 0 bridgehead atoms. The van der Waals surface area contributed by atoms with Crippen molar-refractivity contribution in [3.8, 4) is 0 Å². The van der Waals surface area contributed by atoms with E-state index in [1.54, 1.807) is 10.7 Å². The first-order valence-corrected chi connectivity index (χ1v) is 13.0. The highest BCUT2D eigenvalue weighted by Crippen LogP contribution is 2.52. The van der Waals surface area contributed by atoms with Gasteiger partial charge in [0.1, 0.15) is 10.6 Å². The van der Waals surface area contributed by atoms with E-state index in [-0.39, 0.29) is 6.04 Å². The lowest BCUT2D eigenvalue weighted by Gasteiger charge is -2.34. The van der Waals surface area contributed by atoms with Crippen molar-refractivity contribution in [3.63, 3.8) is 0 Å². The van der Waals surface area contributed by atoms with Crippen molar-refractivity contribution in [3.05, 3.63) is 18.0 Å². The molecule has 174 valence electrons. The second-order valence-corrected chi connectivity index (χ2v) is 12.6. The molecule has 2 aromatic rings. The van der Waals surface area contributed by atoms with E-state index in [1.807, 2.05) is 33.8 Å². The Morgan fingerprint density at radius 2 is 1.81 bits per heavy atom. The fraction of sp³-hybridized carbons (Fsp3) is 0.714. The minimum absolute atomic E-state index is 0.128. The van der Waals surface area contributed by atoms with E-state index >= 15 is 0 Å². The van der Waals surface area contributed by atoms with Crippen molar-refractivity contribution >= 4 is 33.9 Å². The molecule has 2 saturated heterocycles. The van der Waals surface area contributed by atoms with Crippen LogP contribution in [0.15, 0.2) is 12.3 Å². The summed E-state index contributed by atoms with van der Waals surface area (Å²) < 4.78 is 44.5. The van der Waals surface area contributed by atoms with Gasteiger partial charge in [-0.25, -0.2) is 17.9 Å². The highest BCUT2D eigenvalue weighted by molar-refractivity contribution is 7.91. The Morgan fingerprint density at radius 3 is 2.38 bits per heavy atom. The summed E-state index contributed by atoms with van der Waals surface area (Å²) >= 11 is 0. The fourth-order valence-corrected chi connectivity index (χ4v) is 5.94. The zero-order valence-corrected chi connectivity index (χ0v) is 20.4. The molecule has 0 N–H and O–H groups in total. The Bertz CT molecular complexity index is 1160. The maximum Gasteiger partial charge on any atom is 0.500 e. The topological polar surface area (TPSA) is 95.3 Å². The standard InChI is InChI=1S/C21H31BN4O5S/c1-14-13-29-10-9-25(14)17-11-16(21(7-8-21)32(6,27)28)26-18(24-17)15(12-23-26)22-30-19(2,3)20(4,5)31-22/h11-12,14H,7-10,13H2,1-6H3. The molecule has 11 heteroatoms. The molecule has 0 radical (unpaired) electrons. The van der Waals surface area contributed by atoms with Gasteiger partial charge in [0, 0.05) is 24.3 Å². The number of rotatable bonds is 4. The normalized spacial score (nSPS) is 26.6. The number of anilines is 1. The quantitative estimate of drug-likeness (QED) is 0.628. The van der Waals surface area contributed by atoms with Gasteiger partial charge >= 0.3 is 7.12 Å². The van der Waals surface area contributed by atoms with Gasteiger partial charge in [-0.3, -0.25) is 0 Å². The van der Waals surface area contributed by atoms with Crippen molar-refractivity contribution < 1.29 is 22.5 Å². The molecule has 2 aliphatic heterocycles. The van der Waals surface area contributed by atoms with E-state index in [9.17, 15) is 8.42 Å². The zero-order valence-electron chi connectivity index (χ0n) is 19.6. The second kappa shape index (κ2) is 6.91. The summed E-state index contributed by atoms with van der Waals surface area (Å²) in [6, 6.07) is 2.02. The van der Waals surface area contributed by atoms with E-state index in [2.05, 4.69) is 16.9 Å². The van der Waals surface area contributed by atoms with Crippen LogP contribution in [0.25, 0.3) is 5.65 Å². The monoisotopic (exact) mass is 462 g/mol. The predicted molar refractivity (Wildman–Crippen MR) is 122 cm³/mol. The van der Waals surface area contributed by atoms with Crippen LogP contribution in [0.4, 0.5) is 5.82 Å². The summed E-state index contributed by atoms with van der Waals surface area (Å²) in [5, 5.41) is 4.57. The van der Waals surface area contributed by atoms with Crippen molar-refractivity contribution in [2.45, 2.75) is 69.5 Å². The lowest BCUT2D eigenvalue weighted by atomic mass is 9.81. The van der Waals surface area contributed by atoms with Crippen molar-refractivity contribution in [2.75, 3.05) is 30.9 Å². The highest BCUT2D eigenvalue weighted by atomic mass is 32.2. The van der Waals surface area contributed by atoms with Crippen LogP contribution in [-0.2, 0) is 28.6 Å². The molecule has 0 spiro atoms. The molecule has 1 aliphatic carbocycles. The number of hydrogen-bond donors (Lipinski definition) is 0. The Morgan fingerprint density at radius 1 is 1.16 bits per heavy atom. The maximum absolute atomic E-state index is 12.8. The van der Waals surface area contributed by atoms with Crippen molar-refractivity contribution in [2.24, 2.45) is 0 Å². The predicted octanol–water partition coefficient (Wildman–Crippen LogP) is 1.29. The molecule has 5 rings (SSSR count). The first-order chi connectivity index (χ1) is 14.9. The van der Waals surface area contributed by atoms with Crippen LogP contribution in [0, 0.1) is 0 Å². The molecule has 9 nitrogen and oxygen atoms in total. The van der Waals surface area contributed by atoms with Gasteiger partial charge in [-0.05, 0) is 47.5 Å². The molecule has 3 aliphatic rings. The van der Waals surface area contributed by atoms with E-state index in [4.69, 9.17) is 19.0 Å². The Kier molecular flexibility index (Phi) is 4.78. The van der Waals surface area contributed by atoms with Gasteiger partial charge in [-0.15, -0.1) is 0 Å². The molecule has 0 aromatic carbocycles. The van der Waals surface area contributed by atoms with Crippen LogP contribution >= 0.6 is 0 Å². The van der Waals surface area contributed by atoms with Gasteiger partial charge in [0.25, 0.3) is 0 Å². The van der Waals surface area contributed by atoms with Crippen molar-refractivity contribution in [1.29, 1.82) is 0 Å². The van der Waals surface area contributed by atoms with E-state index in [0.29, 0.717) is 49.4 Å². The number of sulfone groups is 1. The molecule has 4 heterocycles. The molecule has 1 unspecified atom stereocenters. The number of morpholine rings is 1. The summed E-state index contributed by atoms with van der Waals surface area (Å²) in [7, 11) is -3.97. The summed E-state index contributed by atoms with van der Waals surface area (Å²) in [6.07, 6.45) is 4.16. The minimum atomic E-state index is -3.34.